The van der Waals surface area contributed by atoms with Gasteiger partial charge in [-0.3, -0.25) is 4.79 Å². The largest absolute Gasteiger partial charge is 0.455 e. The van der Waals surface area contributed by atoms with Gasteiger partial charge in [-0.15, -0.1) is 0 Å². The maximum absolute atomic E-state index is 12.6. The summed E-state index contributed by atoms with van der Waals surface area (Å²) < 4.78 is 30.3. The number of sulfone groups is 1. The van der Waals surface area contributed by atoms with E-state index in [4.69, 9.17) is 4.74 Å². The Labute approximate surface area is 164 Å². The second-order valence-electron chi connectivity index (χ2n) is 6.48. The van der Waals surface area contributed by atoms with Gasteiger partial charge in [0.2, 0.25) is 0 Å². The maximum atomic E-state index is 12.6. The Morgan fingerprint density at radius 3 is 2.11 bits per heavy atom. The van der Waals surface area contributed by atoms with Gasteiger partial charge in [-0.1, -0.05) is 30.3 Å². The minimum Gasteiger partial charge on any atom is -0.455 e. The fourth-order valence-corrected chi connectivity index (χ4v) is 3.60. The van der Waals surface area contributed by atoms with Crippen LogP contribution < -0.4 is 10.1 Å². The van der Waals surface area contributed by atoms with Crippen LogP contribution >= 0.6 is 0 Å². The molecule has 0 aliphatic rings. The molecule has 0 atom stereocenters. The summed E-state index contributed by atoms with van der Waals surface area (Å²) >= 11 is 0. The third-order valence-corrected chi connectivity index (χ3v) is 6.34. The van der Waals surface area contributed by atoms with Gasteiger partial charge in [0.15, 0.2) is 15.6 Å². The van der Waals surface area contributed by atoms with Crippen LogP contribution in [0.25, 0.3) is 0 Å². The molecule has 0 saturated carbocycles. The summed E-state index contributed by atoms with van der Waals surface area (Å²) in [4.78, 5) is 12.8. The van der Waals surface area contributed by atoms with Crippen LogP contribution in [-0.4, -0.2) is 19.6 Å². The standard InChI is InChI=1S/C22H21NO4S/c1-16(2)28(25,26)19-14-12-17(13-15-19)22(24)23-20-10-6-7-11-21(20)27-18-8-4-3-5-9-18/h3-16H,1-2H3,(H,23,24). The van der Waals surface area contributed by atoms with Crippen LogP contribution in [-0.2, 0) is 9.84 Å². The fourth-order valence-electron chi connectivity index (χ4n) is 2.54. The van der Waals surface area contributed by atoms with E-state index in [-0.39, 0.29) is 10.8 Å². The molecule has 1 N–H and O–H groups in total. The van der Waals surface area contributed by atoms with Gasteiger partial charge < -0.3 is 10.1 Å². The Morgan fingerprint density at radius 1 is 0.857 bits per heavy atom. The Morgan fingerprint density at radius 2 is 1.46 bits per heavy atom. The van der Waals surface area contributed by atoms with Crippen LogP contribution in [0.3, 0.4) is 0 Å². The zero-order valence-corrected chi connectivity index (χ0v) is 16.4. The molecular formula is C22H21NO4S. The maximum Gasteiger partial charge on any atom is 0.255 e. The number of nitrogens with one attached hydrogen (secondary N) is 1. The molecule has 0 unspecified atom stereocenters. The van der Waals surface area contributed by atoms with Gasteiger partial charge in [-0.05, 0) is 62.4 Å². The number of amides is 1. The van der Waals surface area contributed by atoms with E-state index in [0.29, 0.717) is 22.7 Å². The first kappa shape index (κ1) is 19.6. The molecule has 0 spiro atoms. The molecule has 28 heavy (non-hydrogen) atoms. The lowest BCUT2D eigenvalue weighted by atomic mass is 10.2. The van der Waals surface area contributed by atoms with Gasteiger partial charge in [-0.2, -0.15) is 0 Å². The molecule has 3 aromatic rings. The number of anilines is 1. The molecule has 0 saturated heterocycles. The van der Waals surface area contributed by atoms with Gasteiger partial charge in [-0.25, -0.2) is 8.42 Å². The van der Waals surface area contributed by atoms with E-state index in [1.54, 1.807) is 32.0 Å². The predicted octanol–water partition coefficient (Wildman–Crippen LogP) is 4.91. The number of ether oxygens (including phenoxy) is 1. The van der Waals surface area contributed by atoms with Gasteiger partial charge in [0, 0.05) is 5.56 Å². The van der Waals surface area contributed by atoms with Crippen molar-refractivity contribution in [3.8, 4) is 11.5 Å². The molecule has 0 bridgehead atoms. The van der Waals surface area contributed by atoms with Crippen molar-refractivity contribution in [3.63, 3.8) is 0 Å². The van der Waals surface area contributed by atoms with Gasteiger partial charge in [0.25, 0.3) is 5.91 Å². The SMILES string of the molecule is CC(C)S(=O)(=O)c1ccc(C(=O)Nc2ccccc2Oc2ccccc2)cc1. The van der Waals surface area contributed by atoms with Crippen LogP contribution in [0.4, 0.5) is 5.69 Å². The van der Waals surface area contributed by atoms with Crippen molar-refractivity contribution in [2.75, 3.05) is 5.32 Å². The molecule has 0 aromatic heterocycles. The van der Waals surface area contributed by atoms with Crippen LogP contribution in [0.2, 0.25) is 0 Å². The second kappa shape index (κ2) is 8.27. The van der Waals surface area contributed by atoms with E-state index in [2.05, 4.69) is 5.32 Å². The van der Waals surface area contributed by atoms with Crippen molar-refractivity contribution < 1.29 is 17.9 Å². The van der Waals surface area contributed by atoms with E-state index in [1.807, 2.05) is 36.4 Å². The first-order valence-corrected chi connectivity index (χ1v) is 10.4. The Kier molecular flexibility index (Phi) is 5.80. The average molecular weight is 395 g/mol. The monoisotopic (exact) mass is 395 g/mol. The van der Waals surface area contributed by atoms with E-state index in [1.165, 1.54) is 24.3 Å². The Bertz CT molecular complexity index is 1060. The van der Waals surface area contributed by atoms with Crippen molar-refractivity contribution in [1.82, 2.24) is 0 Å². The zero-order chi connectivity index (χ0) is 20.1. The van der Waals surface area contributed by atoms with Gasteiger partial charge in [0.05, 0.1) is 15.8 Å². The molecule has 6 heteroatoms. The van der Waals surface area contributed by atoms with Crippen LogP contribution in [0, 0.1) is 0 Å². The molecule has 0 aliphatic heterocycles. The minimum absolute atomic E-state index is 0.201. The highest BCUT2D eigenvalue weighted by molar-refractivity contribution is 7.92. The lowest BCUT2D eigenvalue weighted by Gasteiger charge is -2.13. The average Bonchev–Trinajstić information content (AvgIpc) is 2.70. The van der Waals surface area contributed by atoms with Crippen LogP contribution in [0.5, 0.6) is 11.5 Å². The van der Waals surface area contributed by atoms with E-state index >= 15 is 0 Å². The summed E-state index contributed by atoms with van der Waals surface area (Å²) in [5.74, 6) is 0.825. The Hall–Kier alpha value is -3.12. The van der Waals surface area contributed by atoms with E-state index in [0.717, 1.165) is 0 Å². The lowest BCUT2D eigenvalue weighted by Crippen LogP contribution is -2.15. The highest BCUT2D eigenvalue weighted by atomic mass is 32.2. The highest BCUT2D eigenvalue weighted by Crippen LogP contribution is 2.29. The topological polar surface area (TPSA) is 72.5 Å². The summed E-state index contributed by atoms with van der Waals surface area (Å²) in [7, 11) is -3.37. The van der Waals surface area contributed by atoms with Crippen molar-refractivity contribution in [1.29, 1.82) is 0 Å². The van der Waals surface area contributed by atoms with Crippen LogP contribution in [0.1, 0.15) is 24.2 Å². The van der Waals surface area contributed by atoms with E-state index in [9.17, 15) is 13.2 Å². The third kappa shape index (κ3) is 4.40. The number of benzene rings is 3. The van der Waals surface area contributed by atoms with Crippen LogP contribution in [0.15, 0.2) is 83.8 Å². The molecule has 3 rings (SSSR count). The second-order valence-corrected chi connectivity index (χ2v) is 8.99. The zero-order valence-electron chi connectivity index (χ0n) is 15.6. The van der Waals surface area contributed by atoms with Crippen molar-refractivity contribution >= 4 is 21.4 Å². The van der Waals surface area contributed by atoms with Crippen molar-refractivity contribution in [3.05, 3.63) is 84.4 Å². The summed E-state index contributed by atoms with van der Waals surface area (Å²) in [6.45, 7) is 3.25. The predicted molar refractivity (Wildman–Crippen MR) is 110 cm³/mol. The number of hydrogen-bond acceptors (Lipinski definition) is 4. The van der Waals surface area contributed by atoms with Gasteiger partial charge >= 0.3 is 0 Å². The molecule has 5 nitrogen and oxygen atoms in total. The number of carbonyl (C=O) groups is 1. The van der Waals surface area contributed by atoms with E-state index < -0.39 is 15.1 Å². The number of para-hydroxylation sites is 3. The summed E-state index contributed by atoms with van der Waals surface area (Å²) in [5.41, 5.74) is 0.882. The third-order valence-electron chi connectivity index (χ3n) is 4.17. The molecular weight excluding hydrogens is 374 g/mol. The molecule has 0 aliphatic carbocycles. The van der Waals surface area contributed by atoms with Crippen molar-refractivity contribution in [2.24, 2.45) is 0 Å². The smallest absolute Gasteiger partial charge is 0.255 e. The molecule has 3 aromatic carbocycles. The molecule has 0 radical (unpaired) electrons. The molecule has 0 fully saturated rings. The number of rotatable bonds is 6. The molecule has 0 heterocycles. The molecule has 144 valence electrons. The normalized spacial score (nSPS) is 11.2. The number of hydrogen-bond donors (Lipinski definition) is 1. The lowest BCUT2D eigenvalue weighted by molar-refractivity contribution is 0.102. The van der Waals surface area contributed by atoms with Crippen molar-refractivity contribution in [2.45, 2.75) is 24.0 Å². The highest BCUT2D eigenvalue weighted by Gasteiger charge is 2.19. The van der Waals surface area contributed by atoms with Gasteiger partial charge in [0.1, 0.15) is 5.75 Å². The summed E-state index contributed by atoms with van der Waals surface area (Å²) in [6.07, 6.45) is 0. The Balaban J connectivity index is 1.79. The molecule has 1 amide bonds. The quantitative estimate of drug-likeness (QED) is 0.643. The minimum atomic E-state index is -3.37. The fraction of sp³-hybridized carbons (Fsp3) is 0.136. The number of carbonyl (C=O) groups excluding carboxylic acids is 1. The summed E-state index contributed by atoms with van der Waals surface area (Å²) in [5, 5.41) is 2.30. The first-order valence-electron chi connectivity index (χ1n) is 8.85. The summed E-state index contributed by atoms with van der Waals surface area (Å²) in [6, 6.07) is 22.3. The first-order chi connectivity index (χ1) is 13.4.